The van der Waals surface area contributed by atoms with Crippen LogP contribution in [0.4, 0.5) is 5.82 Å². The van der Waals surface area contributed by atoms with Gasteiger partial charge in [-0.2, -0.15) is 0 Å². The summed E-state index contributed by atoms with van der Waals surface area (Å²) < 4.78 is 5.41. The molecule has 0 aliphatic carbocycles. The van der Waals surface area contributed by atoms with Gasteiger partial charge in [-0.05, 0) is 25.0 Å². The molecular formula is C15H24N4O. The molecule has 3 heterocycles. The Labute approximate surface area is 120 Å². The molecule has 110 valence electrons. The van der Waals surface area contributed by atoms with Crippen LogP contribution in [-0.2, 0) is 4.74 Å². The number of aromatic nitrogens is 1. The van der Waals surface area contributed by atoms with Crippen LogP contribution in [-0.4, -0.2) is 61.4 Å². The van der Waals surface area contributed by atoms with Gasteiger partial charge in [0.05, 0.1) is 0 Å². The van der Waals surface area contributed by atoms with E-state index in [0.29, 0.717) is 0 Å². The lowest BCUT2D eigenvalue weighted by molar-refractivity contribution is 0.0368. The molecule has 2 N–H and O–H groups in total. The smallest absolute Gasteiger partial charge is 0.128 e. The molecule has 5 heteroatoms. The van der Waals surface area contributed by atoms with Crippen LogP contribution in [0.25, 0.3) is 0 Å². The Balaban J connectivity index is 1.51. The highest BCUT2D eigenvalue weighted by Gasteiger charge is 2.31. The maximum absolute atomic E-state index is 6.49. The molecular weight excluding hydrogens is 252 g/mol. The Bertz CT molecular complexity index is 411. The van der Waals surface area contributed by atoms with Crippen LogP contribution in [0.2, 0.25) is 0 Å². The summed E-state index contributed by atoms with van der Waals surface area (Å²) in [5, 5.41) is 0. The van der Waals surface area contributed by atoms with Crippen molar-refractivity contribution in [3.8, 4) is 0 Å². The van der Waals surface area contributed by atoms with Gasteiger partial charge in [-0.25, -0.2) is 4.98 Å². The first-order chi connectivity index (χ1) is 9.75. The largest absolute Gasteiger partial charge is 0.381 e. The molecule has 2 aliphatic heterocycles. The van der Waals surface area contributed by atoms with E-state index in [2.05, 4.69) is 20.9 Å². The molecule has 0 atom stereocenters. The van der Waals surface area contributed by atoms with E-state index in [1.54, 1.807) is 0 Å². The molecule has 2 saturated heterocycles. The first-order valence-corrected chi connectivity index (χ1v) is 7.50. The third kappa shape index (κ3) is 3.29. The molecule has 0 unspecified atom stereocenters. The quantitative estimate of drug-likeness (QED) is 0.881. The molecule has 0 aromatic carbocycles. The van der Waals surface area contributed by atoms with Crippen molar-refractivity contribution in [2.24, 2.45) is 5.73 Å². The van der Waals surface area contributed by atoms with Crippen LogP contribution in [0.1, 0.15) is 12.8 Å². The summed E-state index contributed by atoms with van der Waals surface area (Å²) in [6.45, 7) is 6.81. The van der Waals surface area contributed by atoms with E-state index in [1.807, 2.05) is 18.3 Å². The molecule has 0 bridgehead atoms. The monoisotopic (exact) mass is 276 g/mol. The number of nitrogens with two attached hydrogens (primary N) is 1. The molecule has 0 spiro atoms. The lowest BCUT2D eigenvalue weighted by Crippen LogP contribution is -2.57. The summed E-state index contributed by atoms with van der Waals surface area (Å²) in [5.74, 6) is 1.08. The minimum absolute atomic E-state index is 0.0502. The summed E-state index contributed by atoms with van der Waals surface area (Å²) in [7, 11) is 0. The Hall–Kier alpha value is -1.17. The van der Waals surface area contributed by atoms with Gasteiger partial charge in [-0.1, -0.05) is 6.07 Å². The topological polar surface area (TPSA) is 54.6 Å². The van der Waals surface area contributed by atoms with Crippen LogP contribution in [0.5, 0.6) is 0 Å². The molecule has 1 aromatic heterocycles. The molecule has 2 aliphatic rings. The average Bonchev–Trinajstić information content (AvgIpc) is 2.49. The summed E-state index contributed by atoms with van der Waals surface area (Å²) in [4.78, 5) is 9.26. The van der Waals surface area contributed by atoms with E-state index < -0.39 is 0 Å². The normalized spacial score (nSPS) is 23.8. The van der Waals surface area contributed by atoms with E-state index in [-0.39, 0.29) is 5.54 Å². The SMILES string of the molecule is NC1(CN2CCN(c3ccccn3)CC2)CCOCC1. The standard InChI is InChI=1S/C15H24N4O/c16-15(4-11-20-12-5-15)13-18-7-9-19(10-8-18)14-3-1-2-6-17-14/h1-3,6H,4-5,7-13,16H2. The number of hydrogen-bond acceptors (Lipinski definition) is 5. The second-order valence-corrected chi connectivity index (χ2v) is 5.93. The Morgan fingerprint density at radius 1 is 1.15 bits per heavy atom. The third-order valence-corrected chi connectivity index (χ3v) is 4.37. The molecule has 0 saturated carbocycles. The molecule has 1 aromatic rings. The van der Waals surface area contributed by atoms with Crippen molar-refractivity contribution in [3.05, 3.63) is 24.4 Å². The van der Waals surface area contributed by atoms with Gasteiger partial charge in [0.2, 0.25) is 0 Å². The predicted molar refractivity (Wildman–Crippen MR) is 79.9 cm³/mol. The molecule has 5 nitrogen and oxygen atoms in total. The fourth-order valence-electron chi connectivity index (χ4n) is 3.06. The van der Waals surface area contributed by atoms with Gasteiger partial charge in [0.15, 0.2) is 0 Å². The first-order valence-electron chi connectivity index (χ1n) is 7.50. The number of anilines is 1. The van der Waals surface area contributed by atoms with Crippen molar-refractivity contribution in [1.82, 2.24) is 9.88 Å². The van der Waals surface area contributed by atoms with Crippen molar-refractivity contribution >= 4 is 5.82 Å². The highest BCUT2D eigenvalue weighted by Crippen LogP contribution is 2.20. The maximum Gasteiger partial charge on any atom is 0.128 e. The number of ether oxygens (including phenoxy) is 1. The second-order valence-electron chi connectivity index (χ2n) is 5.93. The predicted octanol–water partition coefficient (Wildman–Crippen LogP) is 0.711. The van der Waals surface area contributed by atoms with E-state index >= 15 is 0 Å². The summed E-state index contributed by atoms with van der Waals surface area (Å²) in [6, 6.07) is 6.09. The van der Waals surface area contributed by atoms with Crippen molar-refractivity contribution in [1.29, 1.82) is 0 Å². The number of nitrogens with zero attached hydrogens (tertiary/aromatic N) is 3. The van der Waals surface area contributed by atoms with Gasteiger partial charge in [-0.15, -0.1) is 0 Å². The maximum atomic E-state index is 6.49. The fraction of sp³-hybridized carbons (Fsp3) is 0.667. The van der Waals surface area contributed by atoms with Gasteiger partial charge in [0.1, 0.15) is 5.82 Å². The summed E-state index contributed by atoms with van der Waals surface area (Å²) >= 11 is 0. The molecule has 0 radical (unpaired) electrons. The summed E-state index contributed by atoms with van der Waals surface area (Å²) in [6.07, 6.45) is 3.82. The molecule has 3 rings (SSSR count). The zero-order chi connectivity index (χ0) is 13.8. The lowest BCUT2D eigenvalue weighted by Gasteiger charge is -2.41. The number of piperazine rings is 1. The van der Waals surface area contributed by atoms with Crippen LogP contribution >= 0.6 is 0 Å². The van der Waals surface area contributed by atoms with Crippen molar-refractivity contribution in [3.63, 3.8) is 0 Å². The van der Waals surface area contributed by atoms with Crippen LogP contribution in [0, 0.1) is 0 Å². The van der Waals surface area contributed by atoms with Gasteiger partial charge < -0.3 is 15.4 Å². The first kappa shape index (κ1) is 13.8. The molecule has 2 fully saturated rings. The highest BCUT2D eigenvalue weighted by atomic mass is 16.5. The third-order valence-electron chi connectivity index (χ3n) is 4.37. The van der Waals surface area contributed by atoms with Crippen LogP contribution in [0.3, 0.4) is 0 Å². The fourth-order valence-corrected chi connectivity index (χ4v) is 3.06. The van der Waals surface area contributed by atoms with Crippen molar-refractivity contribution < 1.29 is 4.74 Å². The molecule has 0 amide bonds. The summed E-state index contributed by atoms with van der Waals surface area (Å²) in [5.41, 5.74) is 6.44. The van der Waals surface area contributed by atoms with E-state index in [0.717, 1.165) is 64.6 Å². The van der Waals surface area contributed by atoms with E-state index in [1.165, 1.54) is 0 Å². The Morgan fingerprint density at radius 2 is 1.90 bits per heavy atom. The van der Waals surface area contributed by atoms with Gasteiger partial charge >= 0.3 is 0 Å². The van der Waals surface area contributed by atoms with Gasteiger partial charge in [0, 0.05) is 57.7 Å². The lowest BCUT2D eigenvalue weighted by atomic mass is 9.90. The van der Waals surface area contributed by atoms with E-state index in [4.69, 9.17) is 10.5 Å². The van der Waals surface area contributed by atoms with E-state index in [9.17, 15) is 0 Å². The average molecular weight is 276 g/mol. The minimum Gasteiger partial charge on any atom is -0.381 e. The molecule has 20 heavy (non-hydrogen) atoms. The Morgan fingerprint density at radius 3 is 2.55 bits per heavy atom. The zero-order valence-corrected chi connectivity index (χ0v) is 12.0. The van der Waals surface area contributed by atoms with Gasteiger partial charge in [-0.3, -0.25) is 4.90 Å². The number of pyridine rings is 1. The highest BCUT2D eigenvalue weighted by molar-refractivity contribution is 5.38. The van der Waals surface area contributed by atoms with Crippen LogP contribution in [0.15, 0.2) is 24.4 Å². The van der Waals surface area contributed by atoms with Crippen molar-refractivity contribution in [2.75, 3.05) is 50.8 Å². The number of hydrogen-bond donors (Lipinski definition) is 1. The van der Waals surface area contributed by atoms with Gasteiger partial charge in [0.25, 0.3) is 0 Å². The van der Waals surface area contributed by atoms with Crippen LogP contribution < -0.4 is 10.6 Å². The second kappa shape index (κ2) is 6.08. The van der Waals surface area contributed by atoms with Crippen molar-refractivity contribution in [2.45, 2.75) is 18.4 Å². The minimum atomic E-state index is -0.0502. The number of rotatable bonds is 3. The zero-order valence-electron chi connectivity index (χ0n) is 12.0. The Kier molecular flexibility index (Phi) is 4.19.